The maximum atomic E-state index is 6.46. The molecule has 1 saturated carbocycles. The second-order valence-corrected chi connectivity index (χ2v) is 7.68. The standard InChI is InChI=1S/C18H21NSe/c19-18(11-4-1-5-12-18)13-14-20-17-10-6-8-15-7-2-3-9-16(15)17/h2-3,6-10,13-14H,1,4-5,11-12,19H2/b14-13+. The third kappa shape index (κ3) is 3.15. The molecule has 1 aliphatic carbocycles. The van der Waals surface area contributed by atoms with Gasteiger partial charge in [-0.2, -0.15) is 0 Å². The molecule has 0 aliphatic heterocycles. The van der Waals surface area contributed by atoms with Crippen LogP contribution in [-0.4, -0.2) is 20.5 Å². The molecule has 1 aliphatic rings. The molecule has 1 nitrogen and oxygen atoms in total. The van der Waals surface area contributed by atoms with Crippen molar-refractivity contribution in [1.82, 2.24) is 0 Å². The van der Waals surface area contributed by atoms with Crippen molar-refractivity contribution in [3.63, 3.8) is 0 Å². The Hall–Kier alpha value is -1.08. The molecule has 2 aromatic rings. The minimum absolute atomic E-state index is 0.0371. The monoisotopic (exact) mass is 331 g/mol. The molecular formula is C18H21NSe. The molecule has 0 unspecified atom stereocenters. The molecule has 3 rings (SSSR count). The molecular weight excluding hydrogens is 309 g/mol. The summed E-state index contributed by atoms with van der Waals surface area (Å²) in [4.78, 5) is 2.33. The summed E-state index contributed by atoms with van der Waals surface area (Å²) in [5.41, 5.74) is 6.42. The summed E-state index contributed by atoms with van der Waals surface area (Å²) < 4.78 is 1.45. The SMILES string of the molecule is NC1(/C=C/[Se]c2cccc3ccccc23)CCCCC1. The summed E-state index contributed by atoms with van der Waals surface area (Å²) in [5, 5.41) is 2.72. The van der Waals surface area contributed by atoms with Crippen LogP contribution < -0.4 is 10.2 Å². The summed E-state index contributed by atoms with van der Waals surface area (Å²) in [6.07, 6.45) is 8.49. The Morgan fingerprint density at radius 2 is 1.70 bits per heavy atom. The average Bonchev–Trinajstić information content (AvgIpc) is 2.48. The molecule has 0 radical (unpaired) electrons. The minimum atomic E-state index is -0.0371. The first kappa shape index (κ1) is 13.9. The fraction of sp³-hybridized carbons (Fsp3) is 0.333. The number of benzene rings is 2. The van der Waals surface area contributed by atoms with Crippen molar-refractivity contribution in [2.24, 2.45) is 5.73 Å². The van der Waals surface area contributed by atoms with Gasteiger partial charge in [-0.05, 0) is 0 Å². The Morgan fingerprint density at radius 1 is 0.950 bits per heavy atom. The van der Waals surface area contributed by atoms with Crippen molar-refractivity contribution in [3.05, 3.63) is 53.5 Å². The van der Waals surface area contributed by atoms with Gasteiger partial charge in [0.15, 0.2) is 0 Å². The van der Waals surface area contributed by atoms with Gasteiger partial charge in [-0.3, -0.25) is 0 Å². The van der Waals surface area contributed by atoms with Gasteiger partial charge in [0.05, 0.1) is 0 Å². The zero-order valence-corrected chi connectivity index (χ0v) is 13.4. The van der Waals surface area contributed by atoms with Gasteiger partial charge in [0.25, 0.3) is 0 Å². The number of fused-ring (bicyclic) bond motifs is 1. The Morgan fingerprint density at radius 3 is 2.55 bits per heavy atom. The van der Waals surface area contributed by atoms with Crippen LogP contribution in [0.15, 0.2) is 53.5 Å². The first-order valence-electron chi connectivity index (χ1n) is 7.38. The van der Waals surface area contributed by atoms with Crippen molar-refractivity contribution < 1.29 is 0 Å². The van der Waals surface area contributed by atoms with Crippen LogP contribution in [0.2, 0.25) is 0 Å². The quantitative estimate of drug-likeness (QED) is 0.858. The molecule has 2 heteroatoms. The van der Waals surface area contributed by atoms with Crippen molar-refractivity contribution in [3.8, 4) is 0 Å². The van der Waals surface area contributed by atoms with Gasteiger partial charge in [0.2, 0.25) is 0 Å². The van der Waals surface area contributed by atoms with E-state index in [-0.39, 0.29) is 5.54 Å². The van der Waals surface area contributed by atoms with Gasteiger partial charge in [0, 0.05) is 0 Å². The first-order chi connectivity index (χ1) is 9.77. The van der Waals surface area contributed by atoms with E-state index in [9.17, 15) is 0 Å². The van der Waals surface area contributed by atoms with Crippen LogP contribution in [0.25, 0.3) is 10.8 Å². The molecule has 0 bridgehead atoms. The number of hydrogen-bond donors (Lipinski definition) is 1. The summed E-state index contributed by atoms with van der Waals surface area (Å²) in [5.74, 6) is 0. The predicted octanol–water partition coefficient (Wildman–Crippen LogP) is 3.34. The van der Waals surface area contributed by atoms with E-state index in [1.165, 1.54) is 34.5 Å². The molecule has 1 fully saturated rings. The van der Waals surface area contributed by atoms with E-state index in [1.54, 1.807) is 0 Å². The van der Waals surface area contributed by atoms with Crippen molar-refractivity contribution in [2.75, 3.05) is 0 Å². The summed E-state index contributed by atoms with van der Waals surface area (Å²) in [6, 6.07) is 15.2. The van der Waals surface area contributed by atoms with Crippen LogP contribution in [0.1, 0.15) is 32.1 Å². The summed E-state index contributed by atoms with van der Waals surface area (Å²) in [7, 11) is 0. The third-order valence-electron chi connectivity index (χ3n) is 4.13. The Balaban J connectivity index is 1.77. The van der Waals surface area contributed by atoms with Crippen molar-refractivity contribution in [2.45, 2.75) is 37.6 Å². The number of hydrogen-bond acceptors (Lipinski definition) is 1. The average molecular weight is 330 g/mol. The van der Waals surface area contributed by atoms with Gasteiger partial charge in [-0.25, -0.2) is 0 Å². The maximum absolute atomic E-state index is 6.46. The molecule has 0 aromatic heterocycles. The first-order valence-corrected chi connectivity index (χ1v) is 9.22. The second-order valence-electron chi connectivity index (χ2n) is 5.69. The van der Waals surface area contributed by atoms with E-state index in [4.69, 9.17) is 5.73 Å². The predicted molar refractivity (Wildman–Crippen MR) is 88.5 cm³/mol. The van der Waals surface area contributed by atoms with Crippen LogP contribution in [0, 0.1) is 0 Å². The molecule has 0 saturated heterocycles. The van der Waals surface area contributed by atoms with Crippen LogP contribution in [0.4, 0.5) is 0 Å². The van der Waals surface area contributed by atoms with Crippen molar-refractivity contribution in [1.29, 1.82) is 0 Å². The topological polar surface area (TPSA) is 26.0 Å². The van der Waals surface area contributed by atoms with Crippen LogP contribution in [0.3, 0.4) is 0 Å². The van der Waals surface area contributed by atoms with Gasteiger partial charge in [0.1, 0.15) is 0 Å². The van der Waals surface area contributed by atoms with Crippen LogP contribution in [0.5, 0.6) is 0 Å². The van der Waals surface area contributed by atoms with E-state index in [2.05, 4.69) is 53.5 Å². The number of nitrogens with two attached hydrogens (primary N) is 1. The zero-order valence-electron chi connectivity index (χ0n) is 11.7. The van der Waals surface area contributed by atoms with Gasteiger partial charge >= 0.3 is 127 Å². The summed E-state index contributed by atoms with van der Waals surface area (Å²) in [6.45, 7) is 0. The Labute approximate surface area is 127 Å². The van der Waals surface area contributed by atoms with Crippen LogP contribution in [-0.2, 0) is 0 Å². The fourth-order valence-corrected chi connectivity index (χ4v) is 4.92. The van der Waals surface area contributed by atoms with Crippen LogP contribution >= 0.6 is 0 Å². The van der Waals surface area contributed by atoms with E-state index in [1.807, 2.05) is 0 Å². The third-order valence-corrected chi connectivity index (χ3v) is 5.98. The zero-order chi connectivity index (χ0) is 13.8. The molecule has 2 N–H and O–H groups in total. The van der Waals surface area contributed by atoms with Gasteiger partial charge in [-0.15, -0.1) is 0 Å². The molecule has 0 amide bonds. The second kappa shape index (κ2) is 6.13. The molecule has 104 valence electrons. The normalized spacial score (nSPS) is 18.6. The fourth-order valence-electron chi connectivity index (χ4n) is 2.92. The number of rotatable bonds is 3. The molecule has 0 spiro atoms. The van der Waals surface area contributed by atoms with E-state index in [0.717, 1.165) is 12.8 Å². The molecule has 2 aromatic carbocycles. The van der Waals surface area contributed by atoms with Crippen molar-refractivity contribution >= 4 is 30.2 Å². The molecule has 0 atom stereocenters. The van der Waals surface area contributed by atoms with Gasteiger partial charge in [-0.1, -0.05) is 0 Å². The summed E-state index contributed by atoms with van der Waals surface area (Å²) >= 11 is 0.366. The molecule has 0 heterocycles. The van der Waals surface area contributed by atoms with E-state index < -0.39 is 0 Å². The Kier molecular flexibility index (Phi) is 4.26. The Bertz CT molecular complexity index is 606. The van der Waals surface area contributed by atoms with E-state index in [0.29, 0.717) is 15.0 Å². The van der Waals surface area contributed by atoms with Gasteiger partial charge < -0.3 is 0 Å². The molecule has 20 heavy (non-hydrogen) atoms. The van der Waals surface area contributed by atoms with E-state index >= 15 is 0 Å².